The first-order chi connectivity index (χ1) is 14.4. The van der Waals surface area contributed by atoms with Crippen molar-refractivity contribution in [1.29, 1.82) is 0 Å². The monoisotopic (exact) mass is 427 g/mol. The zero-order chi connectivity index (χ0) is 21.4. The first-order valence-electron chi connectivity index (χ1n) is 9.98. The highest BCUT2D eigenvalue weighted by molar-refractivity contribution is 7.20. The zero-order valence-corrected chi connectivity index (χ0v) is 18.2. The number of carbonyl (C=O) groups is 1. The fraction of sp³-hybridized carbons (Fsp3) is 0.409. The number of thiophene rings is 1. The number of hydrogen-bond acceptors (Lipinski definition) is 6. The second-order valence-electron chi connectivity index (χ2n) is 7.80. The quantitative estimate of drug-likeness (QED) is 0.672. The van der Waals surface area contributed by atoms with Gasteiger partial charge in [0.25, 0.3) is 5.56 Å². The van der Waals surface area contributed by atoms with Crippen LogP contribution in [-0.2, 0) is 6.42 Å². The van der Waals surface area contributed by atoms with E-state index in [1.165, 1.54) is 0 Å². The van der Waals surface area contributed by atoms with Crippen LogP contribution < -0.4 is 10.3 Å². The Hall–Kier alpha value is -2.71. The number of fused-ring (bicyclic) bond motifs is 1. The van der Waals surface area contributed by atoms with Crippen LogP contribution in [0.15, 0.2) is 29.1 Å². The first-order valence-corrected chi connectivity index (χ1v) is 10.8. The third kappa shape index (κ3) is 3.73. The van der Waals surface area contributed by atoms with E-state index in [0.29, 0.717) is 28.0 Å². The zero-order valence-electron chi connectivity index (χ0n) is 17.3. The van der Waals surface area contributed by atoms with Crippen molar-refractivity contribution in [2.24, 2.45) is 0 Å². The largest absolute Gasteiger partial charge is 0.497 e. The molecule has 7 nitrogen and oxygen atoms in total. The van der Waals surface area contributed by atoms with Gasteiger partial charge in [0.1, 0.15) is 21.3 Å². The number of nitrogens with zero attached hydrogens (tertiary/aromatic N) is 3. The summed E-state index contributed by atoms with van der Waals surface area (Å²) >= 11 is 1.08. The van der Waals surface area contributed by atoms with Gasteiger partial charge >= 0.3 is 5.97 Å². The molecule has 1 fully saturated rings. The molecule has 0 unspecified atom stereocenters. The lowest BCUT2D eigenvalue weighted by Crippen LogP contribution is -2.37. The molecule has 0 radical (unpaired) electrons. The molecule has 30 heavy (non-hydrogen) atoms. The van der Waals surface area contributed by atoms with Crippen molar-refractivity contribution in [3.05, 3.63) is 56.4 Å². The Balaban J connectivity index is 1.86. The van der Waals surface area contributed by atoms with E-state index in [9.17, 15) is 14.7 Å². The molecule has 3 heterocycles. The van der Waals surface area contributed by atoms with E-state index >= 15 is 0 Å². The summed E-state index contributed by atoms with van der Waals surface area (Å²) in [7, 11) is 3.71. The van der Waals surface area contributed by atoms with Crippen molar-refractivity contribution in [3.63, 3.8) is 0 Å². The summed E-state index contributed by atoms with van der Waals surface area (Å²) in [5.41, 5.74) is 1.41. The number of aryl methyl sites for hydroxylation is 1. The molecule has 0 saturated carbocycles. The number of methoxy groups -OCH3 is 1. The Morgan fingerprint density at radius 1 is 1.27 bits per heavy atom. The SMILES string of the molecule is COc1ccc(Cc2nc3sc(C(=O)O)c(C)c3c(=O)n2C2CCN(C)CC2)cc1. The summed E-state index contributed by atoms with van der Waals surface area (Å²) in [6, 6.07) is 7.78. The molecule has 1 aromatic carbocycles. The number of carboxylic acid groups (broad SMARTS) is 1. The van der Waals surface area contributed by atoms with Crippen molar-refractivity contribution in [2.45, 2.75) is 32.2 Å². The van der Waals surface area contributed by atoms with Crippen LogP contribution in [0.3, 0.4) is 0 Å². The van der Waals surface area contributed by atoms with Gasteiger partial charge in [-0.1, -0.05) is 12.1 Å². The highest BCUT2D eigenvalue weighted by Crippen LogP contribution is 2.30. The predicted molar refractivity (Wildman–Crippen MR) is 117 cm³/mol. The van der Waals surface area contributed by atoms with E-state index in [-0.39, 0.29) is 16.5 Å². The van der Waals surface area contributed by atoms with Crippen LogP contribution in [0.1, 0.15) is 45.5 Å². The average Bonchev–Trinajstić information content (AvgIpc) is 3.07. The molecule has 3 aromatic rings. The number of aromatic nitrogens is 2. The molecule has 1 N–H and O–H groups in total. The first kappa shape index (κ1) is 20.6. The average molecular weight is 428 g/mol. The van der Waals surface area contributed by atoms with Gasteiger partial charge in [-0.25, -0.2) is 9.78 Å². The molecule has 2 aromatic heterocycles. The number of hydrogen-bond donors (Lipinski definition) is 1. The Bertz CT molecular complexity index is 1140. The van der Waals surface area contributed by atoms with Crippen LogP contribution in [0.25, 0.3) is 10.2 Å². The molecule has 8 heteroatoms. The Labute approximate surface area is 178 Å². The molecule has 1 aliphatic rings. The molecule has 1 aliphatic heterocycles. The second kappa shape index (κ2) is 8.20. The summed E-state index contributed by atoms with van der Waals surface area (Å²) in [5, 5.41) is 9.95. The number of piperidine rings is 1. The molecular formula is C22H25N3O4S. The third-order valence-electron chi connectivity index (χ3n) is 5.84. The predicted octanol–water partition coefficient (Wildman–Crippen LogP) is 3.33. The minimum Gasteiger partial charge on any atom is -0.497 e. The number of rotatable bonds is 5. The standard InChI is InChI=1S/C22H25N3O4S/c1-13-18-20(30-19(13)22(27)28)23-17(12-14-4-6-16(29-3)7-5-14)25(21(18)26)15-8-10-24(2)11-9-15/h4-7,15H,8-12H2,1-3H3,(H,27,28). The summed E-state index contributed by atoms with van der Waals surface area (Å²) in [5.74, 6) is 0.442. The van der Waals surface area contributed by atoms with Gasteiger partial charge in [-0.15, -0.1) is 11.3 Å². The minimum atomic E-state index is -1.02. The van der Waals surface area contributed by atoms with Crippen LogP contribution >= 0.6 is 11.3 Å². The Morgan fingerprint density at radius 3 is 2.53 bits per heavy atom. The molecule has 1 saturated heterocycles. The molecule has 0 atom stereocenters. The van der Waals surface area contributed by atoms with E-state index in [1.54, 1.807) is 14.0 Å². The molecular weight excluding hydrogens is 402 g/mol. The van der Waals surface area contributed by atoms with Crippen LogP contribution in [-0.4, -0.2) is 52.8 Å². The van der Waals surface area contributed by atoms with E-state index in [1.807, 2.05) is 28.8 Å². The molecule has 0 spiro atoms. The summed E-state index contributed by atoms with van der Waals surface area (Å²) in [4.78, 5) is 33.0. The smallest absolute Gasteiger partial charge is 0.346 e. The van der Waals surface area contributed by atoms with Gasteiger partial charge in [0.05, 0.1) is 12.5 Å². The van der Waals surface area contributed by atoms with Crippen LogP contribution in [0, 0.1) is 6.92 Å². The number of carboxylic acids is 1. The maximum absolute atomic E-state index is 13.6. The molecule has 0 amide bonds. The highest BCUT2D eigenvalue weighted by Gasteiger charge is 2.26. The van der Waals surface area contributed by atoms with Crippen LogP contribution in [0.4, 0.5) is 0 Å². The number of likely N-dealkylation sites (tertiary alicyclic amines) is 1. The molecule has 0 bridgehead atoms. The number of aromatic carboxylic acids is 1. The van der Waals surface area contributed by atoms with Crippen molar-refractivity contribution in [1.82, 2.24) is 14.5 Å². The molecule has 158 valence electrons. The maximum Gasteiger partial charge on any atom is 0.346 e. The van der Waals surface area contributed by atoms with E-state index in [0.717, 1.165) is 48.6 Å². The Kier molecular flexibility index (Phi) is 5.62. The van der Waals surface area contributed by atoms with Gasteiger partial charge in [0.15, 0.2) is 0 Å². The summed E-state index contributed by atoms with van der Waals surface area (Å²) in [6.07, 6.45) is 2.24. The lowest BCUT2D eigenvalue weighted by atomic mass is 10.0. The van der Waals surface area contributed by atoms with Gasteiger partial charge in [0, 0.05) is 12.5 Å². The normalized spacial score (nSPS) is 15.6. The third-order valence-corrected chi connectivity index (χ3v) is 7.01. The maximum atomic E-state index is 13.6. The van der Waals surface area contributed by atoms with Gasteiger partial charge in [-0.3, -0.25) is 9.36 Å². The highest BCUT2D eigenvalue weighted by atomic mass is 32.1. The number of benzene rings is 1. The number of ether oxygens (including phenoxy) is 1. The van der Waals surface area contributed by atoms with Crippen molar-refractivity contribution in [3.8, 4) is 5.75 Å². The topological polar surface area (TPSA) is 84.7 Å². The van der Waals surface area contributed by atoms with Crippen LogP contribution in [0.5, 0.6) is 5.75 Å². The van der Waals surface area contributed by atoms with E-state index < -0.39 is 5.97 Å². The second-order valence-corrected chi connectivity index (χ2v) is 8.80. The van der Waals surface area contributed by atoms with Gasteiger partial charge in [0.2, 0.25) is 0 Å². The lowest BCUT2D eigenvalue weighted by molar-refractivity contribution is 0.0701. The fourth-order valence-corrected chi connectivity index (χ4v) is 5.15. The van der Waals surface area contributed by atoms with E-state index in [2.05, 4.69) is 11.9 Å². The Morgan fingerprint density at radius 2 is 1.93 bits per heavy atom. The summed E-state index contributed by atoms with van der Waals surface area (Å²) in [6.45, 7) is 3.54. The van der Waals surface area contributed by atoms with Gasteiger partial charge in [-0.05, 0) is 63.2 Å². The molecule has 4 rings (SSSR count). The van der Waals surface area contributed by atoms with E-state index in [4.69, 9.17) is 9.72 Å². The van der Waals surface area contributed by atoms with Crippen molar-refractivity contribution >= 4 is 27.5 Å². The van der Waals surface area contributed by atoms with Crippen LogP contribution in [0.2, 0.25) is 0 Å². The minimum absolute atomic E-state index is 0.0615. The summed E-state index contributed by atoms with van der Waals surface area (Å²) < 4.78 is 7.06. The van der Waals surface area contributed by atoms with Crippen molar-refractivity contribution in [2.75, 3.05) is 27.2 Å². The van der Waals surface area contributed by atoms with Crippen molar-refractivity contribution < 1.29 is 14.6 Å². The van der Waals surface area contributed by atoms with Gasteiger partial charge in [-0.2, -0.15) is 0 Å². The van der Waals surface area contributed by atoms with Gasteiger partial charge < -0.3 is 14.7 Å². The fourth-order valence-electron chi connectivity index (χ4n) is 4.12. The molecule has 0 aliphatic carbocycles. The lowest BCUT2D eigenvalue weighted by Gasteiger charge is -2.31.